The zero-order chi connectivity index (χ0) is 18.5. The maximum atomic E-state index is 9.91. The molecule has 0 heterocycles. The molecule has 4 fully saturated rings. The number of nitriles is 1. The number of nitrogens with zero attached hydrogens (tertiary/aromatic N) is 2. The van der Waals surface area contributed by atoms with Gasteiger partial charge in [-0.25, -0.2) is 0 Å². The highest BCUT2D eigenvalue weighted by molar-refractivity contribution is 6.30. The highest BCUT2D eigenvalue weighted by Gasteiger charge is 2.52. The Balaban J connectivity index is 1.53. The highest BCUT2D eigenvalue weighted by Crippen LogP contribution is 2.55. The minimum atomic E-state index is -0.877. The fraction of sp³-hybridized carbons (Fsp3) is 0.619. The van der Waals surface area contributed by atoms with Crippen LogP contribution < -0.4 is 4.74 Å². The van der Waals surface area contributed by atoms with Gasteiger partial charge in [0.15, 0.2) is 17.6 Å². The lowest BCUT2D eigenvalue weighted by Crippen LogP contribution is -2.59. The molecule has 1 aromatic rings. The van der Waals surface area contributed by atoms with Crippen LogP contribution in [-0.4, -0.2) is 22.4 Å². The molecule has 4 aliphatic carbocycles. The lowest BCUT2D eigenvalue weighted by molar-refractivity contribution is -0.0356. The smallest absolute Gasteiger partial charge is 0.185 e. The van der Waals surface area contributed by atoms with Gasteiger partial charge in [-0.1, -0.05) is 11.6 Å². The number of nitrogens with one attached hydrogen (secondary N) is 1. The van der Waals surface area contributed by atoms with Gasteiger partial charge < -0.3 is 4.74 Å². The van der Waals surface area contributed by atoms with Gasteiger partial charge in [0.05, 0.1) is 6.04 Å². The molecule has 0 amide bonds. The van der Waals surface area contributed by atoms with Crippen LogP contribution in [0.1, 0.15) is 46.0 Å². The zero-order valence-corrected chi connectivity index (χ0v) is 16.2. The van der Waals surface area contributed by atoms with Crippen molar-refractivity contribution in [2.24, 2.45) is 23.7 Å². The molecule has 138 valence electrons. The Morgan fingerprint density at radius 2 is 1.65 bits per heavy atom. The third-order valence-electron chi connectivity index (χ3n) is 6.58. The summed E-state index contributed by atoms with van der Waals surface area (Å²) >= 11 is 5.94. The molecular formula is C21H26ClN3O. The maximum Gasteiger partial charge on any atom is 0.185 e. The second-order valence-corrected chi connectivity index (χ2v) is 9.24. The van der Waals surface area contributed by atoms with Crippen molar-refractivity contribution < 1.29 is 4.74 Å². The molecule has 4 aliphatic rings. The molecule has 0 aliphatic heterocycles. The third-order valence-corrected chi connectivity index (χ3v) is 6.83. The first-order valence-corrected chi connectivity index (χ1v) is 9.97. The molecule has 1 N–H and O–H groups in total. The standard InChI is InChI=1S/C21H26ClN3O/c1-21(2,26-18-5-3-17(22)4-6-18)20(24)25(12-23)19-15-8-13-7-14(10-15)11-16(19)9-13/h3-6,13-16,19,24H,7-11H2,1-2H3. The molecule has 5 rings (SSSR count). The van der Waals surface area contributed by atoms with Gasteiger partial charge >= 0.3 is 0 Å². The third kappa shape index (κ3) is 3.07. The van der Waals surface area contributed by atoms with Crippen LogP contribution in [0.5, 0.6) is 5.75 Å². The summed E-state index contributed by atoms with van der Waals surface area (Å²) in [4.78, 5) is 1.67. The Kier molecular flexibility index (Phi) is 4.39. The van der Waals surface area contributed by atoms with Crippen LogP contribution >= 0.6 is 11.6 Å². The van der Waals surface area contributed by atoms with E-state index in [1.54, 1.807) is 29.2 Å². The first-order chi connectivity index (χ1) is 12.4. The molecule has 4 saturated carbocycles. The monoisotopic (exact) mass is 371 g/mol. The number of amidine groups is 1. The van der Waals surface area contributed by atoms with E-state index in [2.05, 4.69) is 6.19 Å². The Labute approximate surface area is 160 Å². The van der Waals surface area contributed by atoms with E-state index in [1.807, 2.05) is 13.8 Å². The van der Waals surface area contributed by atoms with Gasteiger partial charge in [0.1, 0.15) is 5.75 Å². The minimum Gasteiger partial charge on any atom is -0.480 e. The SMILES string of the molecule is CC(C)(Oc1ccc(Cl)cc1)C(=N)N(C#N)C1C2CC3CC(C2)CC1C3. The van der Waals surface area contributed by atoms with Gasteiger partial charge in [0.2, 0.25) is 0 Å². The van der Waals surface area contributed by atoms with E-state index < -0.39 is 5.60 Å². The predicted molar refractivity (Wildman–Crippen MR) is 102 cm³/mol. The van der Waals surface area contributed by atoms with Crippen LogP contribution in [0.25, 0.3) is 0 Å². The van der Waals surface area contributed by atoms with Crippen LogP contribution in [0.3, 0.4) is 0 Å². The molecular weight excluding hydrogens is 346 g/mol. The largest absolute Gasteiger partial charge is 0.480 e. The van der Waals surface area contributed by atoms with Crippen molar-refractivity contribution in [2.75, 3.05) is 0 Å². The van der Waals surface area contributed by atoms with E-state index in [0.29, 0.717) is 22.6 Å². The second-order valence-electron chi connectivity index (χ2n) is 8.81. The van der Waals surface area contributed by atoms with Crippen molar-refractivity contribution in [1.82, 2.24) is 4.90 Å². The van der Waals surface area contributed by atoms with Crippen molar-refractivity contribution in [3.8, 4) is 11.9 Å². The minimum absolute atomic E-state index is 0.174. The van der Waals surface area contributed by atoms with Crippen molar-refractivity contribution in [1.29, 1.82) is 10.7 Å². The van der Waals surface area contributed by atoms with E-state index in [0.717, 1.165) is 11.8 Å². The molecule has 4 bridgehead atoms. The molecule has 0 spiro atoms. The summed E-state index contributed by atoms with van der Waals surface area (Å²) in [5.41, 5.74) is -0.877. The fourth-order valence-corrected chi connectivity index (χ4v) is 5.85. The summed E-state index contributed by atoms with van der Waals surface area (Å²) in [7, 11) is 0. The molecule has 0 radical (unpaired) electrons. The van der Waals surface area contributed by atoms with Crippen LogP contribution in [-0.2, 0) is 0 Å². The Bertz CT molecular complexity index is 709. The number of halogens is 1. The van der Waals surface area contributed by atoms with Gasteiger partial charge in [-0.15, -0.1) is 0 Å². The summed E-state index contributed by atoms with van der Waals surface area (Å²) in [6.07, 6.45) is 8.62. The van der Waals surface area contributed by atoms with Crippen LogP contribution in [0.2, 0.25) is 5.02 Å². The lowest BCUT2D eigenvalue weighted by atomic mass is 9.54. The van der Waals surface area contributed by atoms with E-state index in [4.69, 9.17) is 21.7 Å². The van der Waals surface area contributed by atoms with Crippen molar-refractivity contribution >= 4 is 17.4 Å². The first-order valence-electron chi connectivity index (χ1n) is 9.60. The Morgan fingerprint density at radius 1 is 1.12 bits per heavy atom. The van der Waals surface area contributed by atoms with Gasteiger partial charge in [0.25, 0.3) is 0 Å². The fourth-order valence-electron chi connectivity index (χ4n) is 5.72. The molecule has 5 heteroatoms. The maximum absolute atomic E-state index is 9.91. The average molecular weight is 372 g/mol. The summed E-state index contributed by atoms with van der Waals surface area (Å²) in [5, 5.41) is 19.3. The Hall–Kier alpha value is -1.73. The van der Waals surface area contributed by atoms with E-state index >= 15 is 0 Å². The van der Waals surface area contributed by atoms with Gasteiger partial charge in [-0.05, 0) is 93.9 Å². The van der Waals surface area contributed by atoms with Crippen molar-refractivity contribution in [2.45, 2.75) is 57.6 Å². The molecule has 1 aromatic carbocycles. The summed E-state index contributed by atoms with van der Waals surface area (Å²) < 4.78 is 6.07. The van der Waals surface area contributed by atoms with Crippen LogP contribution in [0.15, 0.2) is 24.3 Å². The summed E-state index contributed by atoms with van der Waals surface area (Å²) in [5.74, 6) is 3.72. The molecule has 0 unspecified atom stereocenters. The normalized spacial score (nSPS) is 32.2. The molecule has 0 aromatic heterocycles. The lowest BCUT2D eigenvalue weighted by Gasteiger charge is -2.56. The molecule has 0 atom stereocenters. The number of ether oxygens (including phenoxy) is 1. The molecule has 0 saturated heterocycles. The number of hydrogen-bond acceptors (Lipinski definition) is 3. The Morgan fingerprint density at radius 3 is 2.15 bits per heavy atom. The zero-order valence-electron chi connectivity index (χ0n) is 15.4. The van der Waals surface area contributed by atoms with E-state index in [-0.39, 0.29) is 11.9 Å². The highest BCUT2D eigenvalue weighted by atomic mass is 35.5. The van der Waals surface area contributed by atoms with Crippen molar-refractivity contribution in [3.63, 3.8) is 0 Å². The topological polar surface area (TPSA) is 60.1 Å². The average Bonchev–Trinajstić information content (AvgIpc) is 2.59. The van der Waals surface area contributed by atoms with E-state index in [1.165, 1.54) is 32.1 Å². The van der Waals surface area contributed by atoms with Crippen molar-refractivity contribution in [3.05, 3.63) is 29.3 Å². The van der Waals surface area contributed by atoms with Crippen LogP contribution in [0.4, 0.5) is 0 Å². The molecule has 4 nitrogen and oxygen atoms in total. The number of benzene rings is 1. The summed E-state index contributed by atoms with van der Waals surface area (Å²) in [6.45, 7) is 3.73. The quantitative estimate of drug-likeness (QED) is 0.347. The first kappa shape index (κ1) is 17.7. The van der Waals surface area contributed by atoms with Gasteiger partial charge in [0, 0.05) is 5.02 Å². The predicted octanol–water partition coefficient (Wildman–Crippen LogP) is 5.08. The number of hydrogen-bond donors (Lipinski definition) is 1. The second kappa shape index (κ2) is 6.46. The summed E-state index contributed by atoms with van der Waals surface area (Å²) in [6, 6.07) is 7.33. The van der Waals surface area contributed by atoms with Gasteiger partial charge in [-0.2, -0.15) is 5.26 Å². The van der Waals surface area contributed by atoms with Gasteiger partial charge in [-0.3, -0.25) is 10.3 Å². The number of rotatable bonds is 4. The van der Waals surface area contributed by atoms with Crippen LogP contribution in [0, 0.1) is 40.5 Å². The van der Waals surface area contributed by atoms with E-state index in [9.17, 15) is 5.26 Å². The molecule has 26 heavy (non-hydrogen) atoms.